The van der Waals surface area contributed by atoms with Crippen LogP contribution in [0.25, 0.3) is 21.8 Å². The number of hydrogen-bond acceptors (Lipinski definition) is 4. The summed E-state index contributed by atoms with van der Waals surface area (Å²) in [6, 6.07) is 25.6. The van der Waals surface area contributed by atoms with Crippen molar-refractivity contribution < 1.29 is 4.79 Å². The molecule has 0 spiro atoms. The molecule has 5 aromatic rings. The van der Waals surface area contributed by atoms with Crippen LogP contribution in [0, 0.1) is 0 Å². The Morgan fingerprint density at radius 2 is 1.80 bits per heavy atom. The summed E-state index contributed by atoms with van der Waals surface area (Å²) in [4.78, 5) is 17.7. The van der Waals surface area contributed by atoms with Crippen LogP contribution >= 0.6 is 0 Å². The Labute approximate surface area is 174 Å². The van der Waals surface area contributed by atoms with E-state index in [1.165, 1.54) is 0 Å². The molecule has 2 heterocycles. The first kappa shape index (κ1) is 18.1. The van der Waals surface area contributed by atoms with E-state index >= 15 is 0 Å². The number of benzene rings is 3. The maximum Gasteiger partial charge on any atom is 0.215 e. The third-order valence-corrected chi connectivity index (χ3v) is 5.29. The number of ketones is 1. The van der Waals surface area contributed by atoms with E-state index in [1.54, 1.807) is 10.9 Å². The molecular weight excluding hydrogens is 372 g/mol. The number of nitrogens with one attached hydrogen (secondary N) is 1. The molecule has 0 bridgehead atoms. The van der Waals surface area contributed by atoms with Crippen LogP contribution in [0.4, 0.5) is 5.69 Å². The number of nitrogens with zero attached hydrogens (tertiary/aromatic N) is 3. The molecule has 146 valence electrons. The van der Waals surface area contributed by atoms with Crippen LogP contribution in [0.15, 0.2) is 85.1 Å². The number of para-hydroxylation sites is 2. The Balaban J connectivity index is 1.45. The summed E-state index contributed by atoms with van der Waals surface area (Å²) in [5.74, 6) is -0.0855. The molecule has 0 saturated heterocycles. The highest BCUT2D eigenvalue weighted by atomic mass is 16.1. The van der Waals surface area contributed by atoms with Gasteiger partial charge in [0.2, 0.25) is 5.78 Å². The van der Waals surface area contributed by atoms with Gasteiger partial charge in [0.1, 0.15) is 5.69 Å². The maximum atomic E-state index is 13.4. The number of hydrogen-bond donors (Lipinski definition) is 1. The van der Waals surface area contributed by atoms with Gasteiger partial charge in [-0.05, 0) is 42.0 Å². The fourth-order valence-electron chi connectivity index (χ4n) is 3.78. The largest absolute Gasteiger partial charge is 0.380 e. The summed E-state index contributed by atoms with van der Waals surface area (Å²) in [7, 11) is 1.86. The highest BCUT2D eigenvalue weighted by Crippen LogP contribution is 2.25. The molecule has 0 unspecified atom stereocenters. The van der Waals surface area contributed by atoms with E-state index in [1.807, 2.05) is 67.7 Å². The van der Waals surface area contributed by atoms with E-state index in [0.717, 1.165) is 33.1 Å². The van der Waals surface area contributed by atoms with E-state index in [0.29, 0.717) is 17.8 Å². The van der Waals surface area contributed by atoms with E-state index in [4.69, 9.17) is 0 Å². The molecule has 5 heteroatoms. The molecule has 0 aliphatic carbocycles. The molecule has 0 atom stereocenters. The molecule has 0 fully saturated rings. The normalized spacial score (nSPS) is 11.1. The summed E-state index contributed by atoms with van der Waals surface area (Å²) in [6.07, 6.45) is 1.80. The zero-order valence-electron chi connectivity index (χ0n) is 16.5. The molecule has 0 saturated carbocycles. The number of pyridine rings is 1. The van der Waals surface area contributed by atoms with Crippen molar-refractivity contribution in [1.82, 2.24) is 14.8 Å². The molecule has 1 N–H and O–H groups in total. The number of rotatable bonds is 5. The van der Waals surface area contributed by atoms with Crippen LogP contribution in [0.1, 0.15) is 21.6 Å². The molecule has 0 amide bonds. The summed E-state index contributed by atoms with van der Waals surface area (Å²) in [5.41, 5.74) is 4.92. The molecule has 2 aromatic heterocycles. The van der Waals surface area contributed by atoms with Gasteiger partial charge in [0.15, 0.2) is 0 Å². The first-order valence-corrected chi connectivity index (χ1v) is 9.84. The van der Waals surface area contributed by atoms with Crippen LogP contribution in [0.3, 0.4) is 0 Å². The lowest BCUT2D eigenvalue weighted by Gasteiger charge is -2.11. The zero-order chi connectivity index (χ0) is 20.5. The standard InChI is InChI=1S/C25H20N4O/c1-29-23-11-5-3-9-20(23)24(28-29)25(30)19-8-2-4-10-22(19)27-16-17-12-13-21-18(15-17)7-6-14-26-21/h2-15,27H,16H2,1H3. The average molecular weight is 392 g/mol. The van der Waals surface area contributed by atoms with Crippen molar-refractivity contribution in [3.05, 3.63) is 102 Å². The second-order valence-electron chi connectivity index (χ2n) is 7.25. The van der Waals surface area contributed by atoms with Gasteiger partial charge in [-0.2, -0.15) is 5.10 Å². The zero-order valence-corrected chi connectivity index (χ0v) is 16.5. The number of aromatic nitrogens is 3. The number of carbonyl (C=O) groups is 1. The van der Waals surface area contributed by atoms with Crippen LogP contribution in [0.2, 0.25) is 0 Å². The van der Waals surface area contributed by atoms with Crippen molar-refractivity contribution in [3.63, 3.8) is 0 Å². The number of aryl methyl sites for hydroxylation is 1. The predicted octanol–water partition coefficient (Wildman–Crippen LogP) is 4.96. The molecule has 30 heavy (non-hydrogen) atoms. The minimum atomic E-state index is -0.0855. The van der Waals surface area contributed by atoms with Crippen molar-refractivity contribution >= 4 is 33.3 Å². The number of carbonyl (C=O) groups excluding carboxylic acids is 1. The van der Waals surface area contributed by atoms with Gasteiger partial charge >= 0.3 is 0 Å². The summed E-state index contributed by atoms with van der Waals surface area (Å²) >= 11 is 0. The van der Waals surface area contributed by atoms with Crippen LogP contribution in [0.5, 0.6) is 0 Å². The first-order valence-electron chi connectivity index (χ1n) is 9.84. The fraction of sp³-hybridized carbons (Fsp3) is 0.0800. The Morgan fingerprint density at radius 3 is 2.73 bits per heavy atom. The van der Waals surface area contributed by atoms with Crippen molar-refractivity contribution in [2.75, 3.05) is 5.32 Å². The Hall–Kier alpha value is -3.99. The SMILES string of the molecule is Cn1nc(C(=O)c2ccccc2NCc2ccc3ncccc3c2)c2ccccc21. The number of anilines is 1. The van der Waals surface area contributed by atoms with Gasteiger partial charge in [-0.3, -0.25) is 14.5 Å². The molecule has 5 rings (SSSR count). The Kier molecular flexibility index (Phi) is 4.48. The summed E-state index contributed by atoms with van der Waals surface area (Å²) in [6.45, 7) is 0.609. The van der Waals surface area contributed by atoms with E-state index in [9.17, 15) is 4.79 Å². The van der Waals surface area contributed by atoms with Crippen molar-refractivity contribution in [1.29, 1.82) is 0 Å². The minimum Gasteiger partial charge on any atom is -0.380 e. The molecular formula is C25H20N4O. The van der Waals surface area contributed by atoms with Gasteiger partial charge < -0.3 is 5.32 Å². The lowest BCUT2D eigenvalue weighted by atomic mass is 10.0. The third kappa shape index (κ3) is 3.20. The van der Waals surface area contributed by atoms with Gasteiger partial charge in [0.05, 0.1) is 11.0 Å². The molecule has 0 aliphatic rings. The highest BCUT2D eigenvalue weighted by Gasteiger charge is 2.20. The van der Waals surface area contributed by atoms with Crippen molar-refractivity contribution in [3.8, 4) is 0 Å². The third-order valence-electron chi connectivity index (χ3n) is 5.29. The van der Waals surface area contributed by atoms with Crippen molar-refractivity contribution in [2.24, 2.45) is 7.05 Å². The second-order valence-corrected chi connectivity index (χ2v) is 7.25. The maximum absolute atomic E-state index is 13.4. The van der Waals surface area contributed by atoms with Crippen LogP contribution < -0.4 is 5.32 Å². The smallest absolute Gasteiger partial charge is 0.215 e. The van der Waals surface area contributed by atoms with Gasteiger partial charge in [-0.15, -0.1) is 0 Å². The number of fused-ring (bicyclic) bond motifs is 2. The summed E-state index contributed by atoms with van der Waals surface area (Å²) in [5, 5.41) is 9.88. The van der Waals surface area contributed by atoms with Gasteiger partial charge in [0, 0.05) is 41.8 Å². The fourth-order valence-corrected chi connectivity index (χ4v) is 3.78. The Morgan fingerprint density at radius 1 is 0.967 bits per heavy atom. The topological polar surface area (TPSA) is 59.8 Å². The lowest BCUT2D eigenvalue weighted by molar-refractivity contribution is 0.103. The van der Waals surface area contributed by atoms with Gasteiger partial charge in [-0.1, -0.05) is 42.5 Å². The van der Waals surface area contributed by atoms with Crippen molar-refractivity contribution in [2.45, 2.75) is 6.54 Å². The minimum absolute atomic E-state index is 0.0855. The lowest BCUT2D eigenvalue weighted by Crippen LogP contribution is -2.09. The highest BCUT2D eigenvalue weighted by molar-refractivity contribution is 6.17. The Bertz CT molecular complexity index is 1390. The molecule has 0 aliphatic heterocycles. The van der Waals surface area contributed by atoms with E-state index in [-0.39, 0.29) is 5.78 Å². The van der Waals surface area contributed by atoms with Crippen LogP contribution in [-0.4, -0.2) is 20.5 Å². The van der Waals surface area contributed by atoms with Crippen LogP contribution in [-0.2, 0) is 13.6 Å². The average Bonchev–Trinajstić information content (AvgIpc) is 3.14. The van der Waals surface area contributed by atoms with Gasteiger partial charge in [-0.25, -0.2) is 0 Å². The monoisotopic (exact) mass is 392 g/mol. The predicted molar refractivity (Wildman–Crippen MR) is 120 cm³/mol. The van der Waals surface area contributed by atoms with Gasteiger partial charge in [0.25, 0.3) is 0 Å². The summed E-state index contributed by atoms with van der Waals surface area (Å²) < 4.78 is 1.75. The van der Waals surface area contributed by atoms with E-state index < -0.39 is 0 Å². The quantitative estimate of drug-likeness (QED) is 0.429. The second kappa shape index (κ2) is 7.44. The first-order chi connectivity index (χ1) is 14.7. The van der Waals surface area contributed by atoms with E-state index in [2.05, 4.69) is 33.6 Å². The molecule has 0 radical (unpaired) electrons. The molecule has 3 aromatic carbocycles. The molecule has 5 nitrogen and oxygen atoms in total.